The summed E-state index contributed by atoms with van der Waals surface area (Å²) in [5, 5.41) is 8.94. The van der Waals surface area contributed by atoms with Crippen molar-refractivity contribution >= 4 is 10.9 Å². The topological polar surface area (TPSA) is 38.7 Å². The fourth-order valence-electron chi connectivity index (χ4n) is 2.52. The van der Waals surface area contributed by atoms with E-state index < -0.39 is 0 Å². The molecule has 0 N–H and O–H groups in total. The summed E-state index contributed by atoms with van der Waals surface area (Å²) < 4.78 is 0. The Labute approximate surface area is 111 Å². The monoisotopic (exact) mass is 246 g/mol. The molecule has 1 radical (unpaired) electrons. The Balaban J connectivity index is 1.66. The van der Waals surface area contributed by atoms with Gasteiger partial charge in [-0.1, -0.05) is 24.3 Å². The van der Waals surface area contributed by atoms with Crippen LogP contribution in [0, 0.1) is 5.92 Å². The molecule has 19 heavy (non-hydrogen) atoms. The Hall–Kier alpha value is -2.29. The van der Waals surface area contributed by atoms with E-state index in [0.29, 0.717) is 5.92 Å². The minimum absolute atomic E-state index is 0.453. The Kier molecular flexibility index (Phi) is 2.30. The van der Waals surface area contributed by atoms with Gasteiger partial charge in [-0.25, -0.2) is 0 Å². The van der Waals surface area contributed by atoms with E-state index in [4.69, 9.17) is 4.98 Å². The summed E-state index contributed by atoms with van der Waals surface area (Å²) in [6, 6.07) is 14.5. The van der Waals surface area contributed by atoms with Gasteiger partial charge in [-0.3, -0.25) is 4.98 Å². The molecule has 1 saturated carbocycles. The lowest BCUT2D eigenvalue weighted by molar-refractivity contribution is 1.00. The second-order valence-corrected chi connectivity index (χ2v) is 4.84. The van der Waals surface area contributed by atoms with Gasteiger partial charge in [-0.15, -0.1) is 0 Å². The SMILES string of the molecule is c1ccc2nc(C3C[C]3c3ccnnc3)ccc2c1. The molecule has 0 aliphatic heterocycles. The summed E-state index contributed by atoms with van der Waals surface area (Å²) in [6.07, 6.45) is 4.65. The third kappa shape index (κ3) is 1.87. The molecule has 1 aromatic carbocycles. The number of benzene rings is 1. The summed E-state index contributed by atoms with van der Waals surface area (Å²) in [7, 11) is 0. The zero-order chi connectivity index (χ0) is 12.7. The molecule has 3 aromatic rings. The molecule has 0 amide bonds. The maximum atomic E-state index is 4.76. The molecule has 1 atom stereocenters. The number of hydrogen-bond donors (Lipinski definition) is 0. The molecule has 1 aliphatic rings. The van der Waals surface area contributed by atoms with Crippen LogP contribution < -0.4 is 0 Å². The first-order valence-corrected chi connectivity index (χ1v) is 6.40. The summed E-state index contributed by atoms with van der Waals surface area (Å²) >= 11 is 0. The summed E-state index contributed by atoms with van der Waals surface area (Å²) in [6.45, 7) is 0. The molecule has 0 bridgehead atoms. The largest absolute Gasteiger partial charge is 0.253 e. The lowest BCUT2D eigenvalue weighted by Crippen LogP contribution is -1.91. The molecule has 3 heteroatoms. The molecule has 2 heterocycles. The molecule has 2 aromatic heterocycles. The molecular formula is C16H12N3. The zero-order valence-electron chi connectivity index (χ0n) is 10.3. The zero-order valence-corrected chi connectivity index (χ0v) is 10.3. The highest BCUT2D eigenvalue weighted by Crippen LogP contribution is 2.52. The van der Waals surface area contributed by atoms with Crippen molar-refractivity contribution in [1.82, 2.24) is 15.2 Å². The number of hydrogen-bond acceptors (Lipinski definition) is 3. The first-order valence-electron chi connectivity index (χ1n) is 6.40. The van der Waals surface area contributed by atoms with Gasteiger partial charge in [0, 0.05) is 29.1 Å². The second-order valence-electron chi connectivity index (χ2n) is 4.84. The minimum atomic E-state index is 0.453. The van der Waals surface area contributed by atoms with Crippen LogP contribution in [0.5, 0.6) is 0 Å². The molecule has 1 aliphatic carbocycles. The quantitative estimate of drug-likeness (QED) is 0.697. The predicted molar refractivity (Wildman–Crippen MR) is 73.5 cm³/mol. The van der Waals surface area contributed by atoms with Gasteiger partial charge in [-0.2, -0.15) is 10.2 Å². The number of aromatic nitrogens is 3. The molecular weight excluding hydrogens is 234 g/mol. The summed E-state index contributed by atoms with van der Waals surface area (Å²) in [5.41, 5.74) is 3.42. The predicted octanol–water partition coefficient (Wildman–Crippen LogP) is 3.13. The van der Waals surface area contributed by atoms with E-state index in [0.717, 1.165) is 17.6 Å². The van der Waals surface area contributed by atoms with E-state index in [1.807, 2.05) is 24.4 Å². The van der Waals surface area contributed by atoms with E-state index in [2.05, 4.69) is 34.5 Å². The van der Waals surface area contributed by atoms with Crippen LogP contribution >= 0.6 is 0 Å². The van der Waals surface area contributed by atoms with Crippen LogP contribution in [0.15, 0.2) is 54.9 Å². The van der Waals surface area contributed by atoms with E-state index in [1.165, 1.54) is 16.9 Å². The summed E-state index contributed by atoms with van der Waals surface area (Å²) in [4.78, 5) is 4.76. The van der Waals surface area contributed by atoms with Crippen molar-refractivity contribution in [2.45, 2.75) is 12.3 Å². The Morgan fingerprint density at radius 1 is 0.947 bits per heavy atom. The molecule has 0 spiro atoms. The van der Waals surface area contributed by atoms with Gasteiger partial charge in [0.15, 0.2) is 0 Å². The third-order valence-corrected chi connectivity index (χ3v) is 3.62. The van der Waals surface area contributed by atoms with Crippen LogP contribution in [0.4, 0.5) is 0 Å². The molecule has 1 unspecified atom stereocenters. The number of rotatable bonds is 2. The molecule has 4 rings (SSSR count). The first-order chi connectivity index (χ1) is 9.42. The molecule has 1 fully saturated rings. The van der Waals surface area contributed by atoms with E-state index >= 15 is 0 Å². The van der Waals surface area contributed by atoms with Gasteiger partial charge in [0.2, 0.25) is 0 Å². The normalized spacial score (nSPS) is 18.6. The highest BCUT2D eigenvalue weighted by atomic mass is 15.1. The van der Waals surface area contributed by atoms with E-state index in [1.54, 1.807) is 6.20 Å². The maximum absolute atomic E-state index is 4.76. The third-order valence-electron chi connectivity index (χ3n) is 3.62. The standard InChI is InChI=1S/C16H12N3/c1-2-4-15-11(3-1)5-6-16(19-15)14-9-13(14)12-7-8-17-18-10-12/h1-8,10,14H,9H2. The van der Waals surface area contributed by atoms with Gasteiger partial charge in [0.1, 0.15) is 0 Å². The number of fused-ring (bicyclic) bond motifs is 1. The molecule has 0 saturated heterocycles. The number of nitrogens with zero attached hydrogens (tertiary/aromatic N) is 3. The lowest BCUT2D eigenvalue weighted by atomic mass is 10.1. The Morgan fingerprint density at radius 2 is 1.89 bits per heavy atom. The van der Waals surface area contributed by atoms with Crippen LogP contribution in [0.2, 0.25) is 0 Å². The van der Waals surface area contributed by atoms with Crippen LogP contribution in [-0.2, 0) is 0 Å². The fraction of sp³-hybridized carbons (Fsp3) is 0.125. The van der Waals surface area contributed by atoms with Crippen molar-refractivity contribution in [3.63, 3.8) is 0 Å². The van der Waals surface area contributed by atoms with E-state index in [9.17, 15) is 0 Å². The smallest absolute Gasteiger partial charge is 0.0705 e. The van der Waals surface area contributed by atoms with Crippen molar-refractivity contribution in [2.75, 3.05) is 0 Å². The maximum Gasteiger partial charge on any atom is 0.0705 e. The summed E-state index contributed by atoms with van der Waals surface area (Å²) in [5.74, 6) is 1.87. The van der Waals surface area contributed by atoms with Gasteiger partial charge in [0.25, 0.3) is 0 Å². The van der Waals surface area contributed by atoms with Crippen LogP contribution in [0.25, 0.3) is 10.9 Å². The highest BCUT2D eigenvalue weighted by molar-refractivity contribution is 5.78. The highest BCUT2D eigenvalue weighted by Gasteiger charge is 2.41. The van der Waals surface area contributed by atoms with Crippen molar-refractivity contribution < 1.29 is 0 Å². The van der Waals surface area contributed by atoms with Crippen LogP contribution in [0.3, 0.4) is 0 Å². The van der Waals surface area contributed by atoms with Crippen LogP contribution in [-0.4, -0.2) is 15.2 Å². The number of pyridine rings is 1. The van der Waals surface area contributed by atoms with Gasteiger partial charge in [0.05, 0.1) is 11.7 Å². The average molecular weight is 246 g/mol. The Morgan fingerprint density at radius 3 is 2.79 bits per heavy atom. The second kappa shape index (κ2) is 4.12. The van der Waals surface area contributed by atoms with Crippen molar-refractivity contribution in [3.8, 4) is 0 Å². The van der Waals surface area contributed by atoms with Crippen molar-refractivity contribution in [1.29, 1.82) is 0 Å². The average Bonchev–Trinajstić information content (AvgIpc) is 3.28. The minimum Gasteiger partial charge on any atom is -0.253 e. The van der Waals surface area contributed by atoms with Crippen molar-refractivity contribution in [3.05, 3.63) is 72.0 Å². The van der Waals surface area contributed by atoms with Gasteiger partial charge in [-0.05, 0) is 30.2 Å². The Bertz CT molecular complexity index is 724. The molecule has 91 valence electrons. The first kappa shape index (κ1) is 10.6. The van der Waals surface area contributed by atoms with Gasteiger partial charge < -0.3 is 0 Å². The fourth-order valence-corrected chi connectivity index (χ4v) is 2.52. The van der Waals surface area contributed by atoms with E-state index in [-0.39, 0.29) is 0 Å². The lowest BCUT2D eigenvalue weighted by Gasteiger charge is -2.02. The molecule has 3 nitrogen and oxygen atoms in total. The number of para-hydroxylation sites is 1. The van der Waals surface area contributed by atoms with Crippen molar-refractivity contribution in [2.24, 2.45) is 0 Å². The van der Waals surface area contributed by atoms with Gasteiger partial charge >= 0.3 is 0 Å². The van der Waals surface area contributed by atoms with Crippen LogP contribution in [0.1, 0.15) is 23.6 Å².